The van der Waals surface area contributed by atoms with Crippen molar-refractivity contribution in [3.63, 3.8) is 0 Å². The average Bonchev–Trinajstić information content (AvgIpc) is 2.44. The quantitative estimate of drug-likeness (QED) is 0.671. The molecule has 1 aliphatic carbocycles. The first-order chi connectivity index (χ1) is 9.84. The van der Waals surface area contributed by atoms with Crippen molar-refractivity contribution in [3.05, 3.63) is 0 Å². The zero-order valence-corrected chi connectivity index (χ0v) is 13.5. The van der Waals surface area contributed by atoms with E-state index in [-0.39, 0.29) is 23.7 Å². The molecule has 3 atom stereocenters. The Morgan fingerprint density at radius 2 is 1.86 bits per heavy atom. The van der Waals surface area contributed by atoms with Gasteiger partial charge in [-0.1, -0.05) is 39.9 Å². The Balaban J connectivity index is 0.00000122. The zero-order chi connectivity index (χ0) is 16.4. The fourth-order valence-electron chi connectivity index (χ4n) is 2.43. The van der Waals surface area contributed by atoms with Crippen molar-refractivity contribution in [1.29, 1.82) is 0 Å². The van der Waals surface area contributed by atoms with Gasteiger partial charge in [0.05, 0.1) is 19.8 Å². The van der Waals surface area contributed by atoms with Crippen molar-refractivity contribution in [2.45, 2.75) is 58.8 Å². The maximum absolute atomic E-state index is 11.7. The molecule has 0 bridgehead atoms. The van der Waals surface area contributed by atoms with Crippen LogP contribution in [0.4, 0.5) is 0 Å². The summed E-state index contributed by atoms with van der Waals surface area (Å²) in [6, 6.07) is -0.517. The van der Waals surface area contributed by atoms with Crippen molar-refractivity contribution in [2.75, 3.05) is 6.54 Å². The summed E-state index contributed by atoms with van der Waals surface area (Å²) in [6.45, 7) is 6.12. The standard InChI is InChI=1S/C13H24N2O3.C2H5B/c1-8(2)11(14)12(16)15-7-9-5-3-4-6-10(9)13(17)18;1-2-3/h8-11H,3-7,14H2,1-2H3,(H,15,16)(H,17,18);2H2,1H3. The van der Waals surface area contributed by atoms with Crippen LogP contribution in [0, 0.1) is 17.8 Å². The largest absolute Gasteiger partial charge is 0.481 e. The van der Waals surface area contributed by atoms with Gasteiger partial charge in [-0.3, -0.25) is 9.59 Å². The van der Waals surface area contributed by atoms with E-state index in [1.165, 1.54) is 0 Å². The molecule has 0 aromatic rings. The number of hydrogen-bond donors (Lipinski definition) is 3. The maximum atomic E-state index is 11.7. The molecule has 5 nitrogen and oxygen atoms in total. The highest BCUT2D eigenvalue weighted by atomic mass is 16.4. The molecule has 1 aliphatic rings. The van der Waals surface area contributed by atoms with E-state index in [1.54, 1.807) is 0 Å². The Kier molecular flexibility index (Phi) is 10.1. The van der Waals surface area contributed by atoms with Crippen molar-refractivity contribution >= 4 is 19.7 Å². The van der Waals surface area contributed by atoms with E-state index in [1.807, 2.05) is 20.8 Å². The van der Waals surface area contributed by atoms with Gasteiger partial charge < -0.3 is 16.2 Å². The number of aliphatic carboxylic acids is 1. The molecule has 21 heavy (non-hydrogen) atoms. The lowest BCUT2D eigenvalue weighted by Crippen LogP contribution is -2.46. The molecular weight excluding hydrogens is 267 g/mol. The number of rotatable bonds is 5. The summed E-state index contributed by atoms with van der Waals surface area (Å²) >= 11 is 0. The molecule has 1 fully saturated rings. The van der Waals surface area contributed by atoms with Crippen LogP contribution in [0.3, 0.4) is 0 Å². The Morgan fingerprint density at radius 3 is 2.33 bits per heavy atom. The highest BCUT2D eigenvalue weighted by Gasteiger charge is 2.31. The lowest BCUT2D eigenvalue weighted by Gasteiger charge is -2.29. The second-order valence-corrected chi connectivity index (χ2v) is 5.91. The van der Waals surface area contributed by atoms with E-state index in [0.29, 0.717) is 13.0 Å². The Bertz CT molecular complexity index is 324. The number of carboxylic acids is 1. The van der Waals surface area contributed by atoms with E-state index in [0.717, 1.165) is 25.6 Å². The number of carbonyl (C=O) groups is 2. The molecule has 0 heterocycles. The van der Waals surface area contributed by atoms with Gasteiger partial charge in [0.15, 0.2) is 0 Å². The SMILES string of the molecule is CC(C)C(N)C(=O)NCC1CCCCC1C(=O)O.[B]CC. The first-order valence-corrected chi connectivity index (χ1v) is 7.81. The minimum atomic E-state index is -0.748. The monoisotopic (exact) mass is 296 g/mol. The van der Waals surface area contributed by atoms with E-state index < -0.39 is 12.0 Å². The third-order valence-corrected chi connectivity index (χ3v) is 3.79. The Labute approximate surface area is 129 Å². The number of carboxylic acid groups (broad SMARTS) is 1. The molecule has 1 saturated carbocycles. The van der Waals surface area contributed by atoms with E-state index >= 15 is 0 Å². The van der Waals surface area contributed by atoms with Crippen LogP contribution in [0.15, 0.2) is 0 Å². The molecule has 0 spiro atoms. The summed E-state index contributed by atoms with van der Waals surface area (Å²) < 4.78 is 0. The highest BCUT2D eigenvalue weighted by Crippen LogP contribution is 2.29. The van der Waals surface area contributed by atoms with Gasteiger partial charge >= 0.3 is 5.97 Å². The van der Waals surface area contributed by atoms with Crippen LogP contribution in [0.25, 0.3) is 0 Å². The third-order valence-electron chi connectivity index (χ3n) is 3.79. The minimum Gasteiger partial charge on any atom is -0.481 e. The molecule has 0 aromatic carbocycles. The fraction of sp³-hybridized carbons (Fsp3) is 0.867. The minimum absolute atomic E-state index is 0.0413. The van der Waals surface area contributed by atoms with Crippen molar-refractivity contribution in [2.24, 2.45) is 23.5 Å². The molecule has 0 saturated heterocycles. The molecule has 2 radical (unpaired) electrons. The molecule has 0 aromatic heterocycles. The number of nitrogens with two attached hydrogens (primary N) is 1. The summed E-state index contributed by atoms with van der Waals surface area (Å²) in [5.41, 5.74) is 5.74. The molecule has 4 N–H and O–H groups in total. The molecular formula is C15H29BN2O3. The number of hydrogen-bond acceptors (Lipinski definition) is 3. The summed E-state index contributed by atoms with van der Waals surface area (Å²) in [5.74, 6) is -1.12. The second kappa shape index (κ2) is 10.7. The molecule has 1 rings (SSSR count). The van der Waals surface area contributed by atoms with Gasteiger partial charge in [0, 0.05) is 6.54 Å². The molecule has 6 heteroatoms. The summed E-state index contributed by atoms with van der Waals surface area (Å²) in [5, 5.41) is 11.9. The number of nitrogens with one attached hydrogen (secondary N) is 1. The zero-order valence-electron chi connectivity index (χ0n) is 13.5. The first kappa shape index (κ1) is 20.0. The van der Waals surface area contributed by atoms with Crippen LogP contribution in [0.1, 0.15) is 46.5 Å². The molecule has 120 valence electrons. The predicted molar refractivity (Wildman–Crippen MR) is 85.1 cm³/mol. The van der Waals surface area contributed by atoms with Gasteiger partial charge in [0.2, 0.25) is 5.91 Å². The third kappa shape index (κ3) is 7.51. The van der Waals surface area contributed by atoms with Crippen LogP contribution < -0.4 is 11.1 Å². The number of amides is 1. The van der Waals surface area contributed by atoms with Gasteiger partial charge in [-0.05, 0) is 24.7 Å². The molecule has 1 amide bonds. The summed E-state index contributed by atoms with van der Waals surface area (Å²) in [4.78, 5) is 22.8. The van der Waals surface area contributed by atoms with Crippen molar-refractivity contribution in [1.82, 2.24) is 5.32 Å². The van der Waals surface area contributed by atoms with Gasteiger partial charge in [-0.15, -0.1) is 0 Å². The van der Waals surface area contributed by atoms with Crippen molar-refractivity contribution in [3.8, 4) is 0 Å². The van der Waals surface area contributed by atoms with Crippen LogP contribution in [0.5, 0.6) is 0 Å². The second-order valence-electron chi connectivity index (χ2n) is 5.91. The van der Waals surface area contributed by atoms with Crippen molar-refractivity contribution < 1.29 is 14.7 Å². The fourth-order valence-corrected chi connectivity index (χ4v) is 2.43. The molecule has 3 unspecified atom stereocenters. The Hall–Kier alpha value is -1.04. The summed E-state index contributed by atoms with van der Waals surface area (Å²) in [6.07, 6.45) is 4.34. The van der Waals surface area contributed by atoms with Gasteiger partial charge in [-0.2, -0.15) is 0 Å². The first-order valence-electron chi connectivity index (χ1n) is 7.81. The van der Waals surface area contributed by atoms with Crippen LogP contribution in [0.2, 0.25) is 6.32 Å². The normalized spacial score (nSPS) is 22.9. The topological polar surface area (TPSA) is 92.4 Å². The van der Waals surface area contributed by atoms with Gasteiger partial charge in [-0.25, -0.2) is 0 Å². The summed E-state index contributed by atoms with van der Waals surface area (Å²) in [7, 11) is 4.85. The number of carbonyl (C=O) groups excluding carboxylic acids is 1. The van der Waals surface area contributed by atoms with E-state index in [9.17, 15) is 9.59 Å². The van der Waals surface area contributed by atoms with Gasteiger partial charge in [0.1, 0.15) is 0 Å². The highest BCUT2D eigenvalue weighted by molar-refractivity contribution is 6.08. The van der Waals surface area contributed by atoms with Gasteiger partial charge in [0.25, 0.3) is 0 Å². The Morgan fingerprint density at radius 1 is 1.33 bits per heavy atom. The van der Waals surface area contributed by atoms with Crippen LogP contribution >= 0.6 is 0 Å². The average molecular weight is 296 g/mol. The predicted octanol–water partition coefficient (Wildman–Crippen LogP) is 1.57. The molecule has 0 aliphatic heterocycles. The van der Waals surface area contributed by atoms with Crippen LogP contribution in [-0.4, -0.2) is 37.4 Å². The lowest BCUT2D eigenvalue weighted by molar-refractivity contribution is -0.145. The lowest BCUT2D eigenvalue weighted by atomic mass is 9.79. The van der Waals surface area contributed by atoms with E-state index in [4.69, 9.17) is 18.7 Å². The van der Waals surface area contributed by atoms with Crippen LogP contribution in [-0.2, 0) is 9.59 Å². The maximum Gasteiger partial charge on any atom is 0.306 e. The smallest absolute Gasteiger partial charge is 0.306 e. The van der Waals surface area contributed by atoms with E-state index in [2.05, 4.69) is 5.32 Å².